The van der Waals surface area contributed by atoms with Crippen LogP contribution < -0.4 is 0 Å². The van der Waals surface area contributed by atoms with E-state index in [9.17, 15) is 9.59 Å². The number of rotatable bonds is 2. The lowest BCUT2D eigenvalue weighted by atomic mass is 9.84. The molecule has 1 aromatic heterocycles. The van der Waals surface area contributed by atoms with Crippen molar-refractivity contribution in [2.75, 3.05) is 0 Å². The quantitative estimate of drug-likeness (QED) is 0.814. The molecule has 84 valence electrons. The van der Waals surface area contributed by atoms with E-state index in [0.717, 1.165) is 18.4 Å². The number of nitrogens with zero attached hydrogens (tertiary/aromatic N) is 2. The van der Waals surface area contributed by atoms with Crippen molar-refractivity contribution in [1.29, 1.82) is 0 Å². The van der Waals surface area contributed by atoms with Gasteiger partial charge in [0.05, 0.1) is 0 Å². The molecule has 1 fully saturated rings. The molecule has 0 aliphatic heterocycles. The first-order chi connectivity index (χ1) is 7.66. The standard InChI is InChI=1S/C11H12N2O3/c14-9-3-1-2-7(4-9)8-5-12-10(11(15)16)13-6-8/h5-7H,1-4H2,(H,15,16). The minimum atomic E-state index is -1.13. The van der Waals surface area contributed by atoms with Crippen LogP contribution in [0.2, 0.25) is 0 Å². The Morgan fingerprint density at radius 1 is 1.38 bits per heavy atom. The van der Waals surface area contributed by atoms with Crippen LogP contribution in [0.25, 0.3) is 0 Å². The molecular weight excluding hydrogens is 208 g/mol. The van der Waals surface area contributed by atoms with Crippen molar-refractivity contribution in [2.45, 2.75) is 31.6 Å². The van der Waals surface area contributed by atoms with E-state index in [1.807, 2.05) is 0 Å². The van der Waals surface area contributed by atoms with Gasteiger partial charge < -0.3 is 5.11 Å². The molecule has 0 saturated heterocycles. The molecule has 1 heterocycles. The van der Waals surface area contributed by atoms with Crippen molar-refractivity contribution < 1.29 is 14.7 Å². The van der Waals surface area contributed by atoms with Gasteiger partial charge in [-0.05, 0) is 24.3 Å². The van der Waals surface area contributed by atoms with E-state index in [1.165, 1.54) is 12.4 Å². The highest BCUT2D eigenvalue weighted by Gasteiger charge is 2.21. The lowest BCUT2D eigenvalue weighted by Crippen LogP contribution is -2.14. The van der Waals surface area contributed by atoms with Gasteiger partial charge in [-0.1, -0.05) is 0 Å². The molecule has 16 heavy (non-hydrogen) atoms. The topological polar surface area (TPSA) is 80.2 Å². The van der Waals surface area contributed by atoms with Gasteiger partial charge in [-0.15, -0.1) is 0 Å². The Morgan fingerprint density at radius 3 is 2.62 bits per heavy atom. The fourth-order valence-corrected chi connectivity index (χ4v) is 1.97. The average molecular weight is 220 g/mol. The molecule has 1 aromatic rings. The summed E-state index contributed by atoms with van der Waals surface area (Å²) in [6.07, 6.45) is 6.05. The highest BCUT2D eigenvalue weighted by atomic mass is 16.4. The summed E-state index contributed by atoms with van der Waals surface area (Å²) in [4.78, 5) is 29.4. The van der Waals surface area contributed by atoms with Gasteiger partial charge in [-0.3, -0.25) is 4.79 Å². The van der Waals surface area contributed by atoms with E-state index >= 15 is 0 Å². The van der Waals surface area contributed by atoms with E-state index < -0.39 is 5.97 Å². The molecule has 5 heteroatoms. The smallest absolute Gasteiger partial charge is 0.373 e. The Labute approximate surface area is 92.5 Å². The molecule has 1 aliphatic carbocycles. The molecule has 1 atom stereocenters. The van der Waals surface area contributed by atoms with Crippen LogP contribution in [-0.2, 0) is 4.79 Å². The number of Topliss-reactive ketones (excluding diaryl/α,β-unsaturated/α-hetero) is 1. The Morgan fingerprint density at radius 2 is 2.06 bits per heavy atom. The number of carboxylic acid groups (broad SMARTS) is 1. The fraction of sp³-hybridized carbons (Fsp3) is 0.455. The van der Waals surface area contributed by atoms with Crippen molar-refractivity contribution >= 4 is 11.8 Å². The van der Waals surface area contributed by atoms with E-state index in [4.69, 9.17) is 5.11 Å². The summed E-state index contributed by atoms with van der Waals surface area (Å²) in [6.45, 7) is 0. The molecule has 0 spiro atoms. The molecule has 1 saturated carbocycles. The first-order valence-electron chi connectivity index (χ1n) is 5.24. The lowest BCUT2D eigenvalue weighted by molar-refractivity contribution is -0.120. The van der Waals surface area contributed by atoms with Crippen LogP contribution in [0.15, 0.2) is 12.4 Å². The van der Waals surface area contributed by atoms with Crippen LogP contribution in [0.1, 0.15) is 47.8 Å². The van der Waals surface area contributed by atoms with Crippen LogP contribution >= 0.6 is 0 Å². The monoisotopic (exact) mass is 220 g/mol. The minimum Gasteiger partial charge on any atom is -0.475 e. The van der Waals surface area contributed by atoms with Gasteiger partial charge in [-0.2, -0.15) is 0 Å². The summed E-state index contributed by atoms with van der Waals surface area (Å²) in [6, 6.07) is 0. The van der Waals surface area contributed by atoms with Crippen molar-refractivity contribution in [3.63, 3.8) is 0 Å². The van der Waals surface area contributed by atoms with Gasteiger partial charge in [0.1, 0.15) is 5.78 Å². The number of carbonyl (C=O) groups is 2. The highest BCUT2D eigenvalue weighted by molar-refractivity contribution is 5.83. The SMILES string of the molecule is O=C1CCCC(c2cnc(C(=O)O)nc2)C1. The van der Waals surface area contributed by atoms with Crippen molar-refractivity contribution in [3.8, 4) is 0 Å². The number of hydrogen-bond donors (Lipinski definition) is 1. The first kappa shape index (κ1) is 10.7. The predicted octanol–water partition coefficient (Wildman–Crippen LogP) is 1.40. The molecule has 5 nitrogen and oxygen atoms in total. The van der Waals surface area contributed by atoms with Crippen LogP contribution in [0, 0.1) is 0 Å². The van der Waals surface area contributed by atoms with E-state index in [1.54, 1.807) is 0 Å². The first-order valence-corrected chi connectivity index (χ1v) is 5.24. The number of carbonyl (C=O) groups excluding carboxylic acids is 1. The van der Waals surface area contributed by atoms with Crippen LogP contribution in [0.3, 0.4) is 0 Å². The number of ketones is 1. The van der Waals surface area contributed by atoms with Gasteiger partial charge >= 0.3 is 5.97 Å². The van der Waals surface area contributed by atoms with Crippen molar-refractivity contribution in [1.82, 2.24) is 9.97 Å². The van der Waals surface area contributed by atoms with Crippen LogP contribution in [-0.4, -0.2) is 26.8 Å². The predicted molar refractivity (Wildman–Crippen MR) is 55.2 cm³/mol. The summed E-state index contributed by atoms with van der Waals surface area (Å²) < 4.78 is 0. The second-order valence-corrected chi connectivity index (χ2v) is 3.98. The molecule has 0 aromatic carbocycles. The van der Waals surface area contributed by atoms with Gasteiger partial charge in [0, 0.05) is 25.2 Å². The van der Waals surface area contributed by atoms with Crippen molar-refractivity contribution in [2.24, 2.45) is 0 Å². The highest BCUT2D eigenvalue weighted by Crippen LogP contribution is 2.29. The number of hydrogen-bond acceptors (Lipinski definition) is 4. The molecule has 2 rings (SSSR count). The van der Waals surface area contributed by atoms with Crippen LogP contribution in [0.5, 0.6) is 0 Å². The maximum atomic E-state index is 11.3. The van der Waals surface area contributed by atoms with Crippen LogP contribution in [0.4, 0.5) is 0 Å². The summed E-state index contributed by atoms with van der Waals surface area (Å²) in [7, 11) is 0. The zero-order valence-electron chi connectivity index (χ0n) is 8.72. The zero-order valence-corrected chi connectivity index (χ0v) is 8.72. The molecular formula is C11H12N2O3. The molecule has 0 amide bonds. The minimum absolute atomic E-state index is 0.157. The maximum Gasteiger partial charge on any atom is 0.373 e. The summed E-state index contributed by atoms with van der Waals surface area (Å²) >= 11 is 0. The summed E-state index contributed by atoms with van der Waals surface area (Å²) in [5, 5.41) is 8.65. The Bertz CT molecular complexity index is 414. The molecule has 1 unspecified atom stereocenters. The lowest BCUT2D eigenvalue weighted by Gasteiger charge is -2.20. The Hall–Kier alpha value is -1.78. The molecule has 1 N–H and O–H groups in total. The Kier molecular flexibility index (Phi) is 2.94. The van der Waals surface area contributed by atoms with E-state index in [2.05, 4.69) is 9.97 Å². The third-order valence-electron chi connectivity index (χ3n) is 2.82. The van der Waals surface area contributed by atoms with E-state index in [-0.39, 0.29) is 17.5 Å². The summed E-state index contributed by atoms with van der Waals surface area (Å²) in [5.41, 5.74) is 0.859. The maximum absolute atomic E-state index is 11.3. The zero-order chi connectivity index (χ0) is 11.5. The largest absolute Gasteiger partial charge is 0.475 e. The molecule has 1 aliphatic rings. The van der Waals surface area contributed by atoms with E-state index in [0.29, 0.717) is 12.8 Å². The normalized spacial score (nSPS) is 20.8. The second-order valence-electron chi connectivity index (χ2n) is 3.98. The number of aromatic carboxylic acids is 1. The summed E-state index contributed by atoms with van der Waals surface area (Å²) in [5.74, 6) is -0.917. The third kappa shape index (κ3) is 2.24. The van der Waals surface area contributed by atoms with Gasteiger partial charge in [0.15, 0.2) is 0 Å². The van der Waals surface area contributed by atoms with Gasteiger partial charge in [-0.25, -0.2) is 14.8 Å². The average Bonchev–Trinajstić information content (AvgIpc) is 2.29. The second kappa shape index (κ2) is 4.38. The third-order valence-corrected chi connectivity index (χ3v) is 2.82. The van der Waals surface area contributed by atoms with Gasteiger partial charge in [0.25, 0.3) is 0 Å². The number of aromatic nitrogens is 2. The Balaban J connectivity index is 2.14. The molecule has 0 bridgehead atoms. The molecule has 0 radical (unpaired) electrons. The fourth-order valence-electron chi connectivity index (χ4n) is 1.97. The number of carboxylic acids is 1. The van der Waals surface area contributed by atoms with Crippen molar-refractivity contribution in [3.05, 3.63) is 23.8 Å². The van der Waals surface area contributed by atoms with Gasteiger partial charge in [0.2, 0.25) is 5.82 Å².